The fourth-order valence-corrected chi connectivity index (χ4v) is 4.92. The third-order valence-corrected chi connectivity index (χ3v) is 7.14. The van der Waals surface area contributed by atoms with Crippen LogP contribution in [0.1, 0.15) is 20.7 Å². The van der Waals surface area contributed by atoms with Crippen molar-refractivity contribution in [3.8, 4) is 22.6 Å². The van der Waals surface area contributed by atoms with Gasteiger partial charge in [0.2, 0.25) is 0 Å². The molecule has 3 aromatic rings. The monoisotopic (exact) mass is 485 g/mol. The molecule has 0 N–H and O–H groups in total. The predicted octanol–water partition coefficient (Wildman–Crippen LogP) is 3.65. The van der Waals surface area contributed by atoms with Crippen LogP contribution < -0.4 is 9.47 Å². The number of methoxy groups -OCH3 is 2. The molecule has 2 aliphatic heterocycles. The molecule has 0 unspecified atom stereocenters. The molecule has 0 spiro atoms. The van der Waals surface area contributed by atoms with Gasteiger partial charge in [-0.05, 0) is 42.0 Å². The molecule has 5 rings (SSSR count). The van der Waals surface area contributed by atoms with Crippen LogP contribution in [0.3, 0.4) is 0 Å². The van der Waals surface area contributed by atoms with Crippen molar-refractivity contribution < 1.29 is 19.1 Å². The highest BCUT2D eigenvalue weighted by atomic mass is 16.5. The Hall–Kier alpha value is -3.84. The molecule has 0 bridgehead atoms. The van der Waals surface area contributed by atoms with E-state index in [0.29, 0.717) is 24.7 Å². The summed E-state index contributed by atoms with van der Waals surface area (Å²) in [6.45, 7) is 4.55. The lowest BCUT2D eigenvalue weighted by atomic mass is 10.0. The minimum atomic E-state index is 0.0531. The average Bonchev–Trinajstić information content (AvgIpc) is 2.92. The van der Waals surface area contributed by atoms with Crippen LogP contribution in [0.4, 0.5) is 0 Å². The Kier molecular flexibility index (Phi) is 6.91. The molecule has 186 valence electrons. The Morgan fingerprint density at radius 3 is 2.00 bits per heavy atom. The molecule has 3 aromatic carbocycles. The molecule has 0 aliphatic carbocycles. The number of ether oxygens (including phenoxy) is 2. The zero-order valence-electron chi connectivity index (χ0n) is 20.7. The van der Waals surface area contributed by atoms with Gasteiger partial charge in [0.05, 0.1) is 14.2 Å². The van der Waals surface area contributed by atoms with Crippen LogP contribution in [-0.2, 0) is 0 Å². The third-order valence-electron chi connectivity index (χ3n) is 7.14. The van der Waals surface area contributed by atoms with Gasteiger partial charge in [0.15, 0.2) is 0 Å². The topological polar surface area (TPSA) is 62.3 Å². The third kappa shape index (κ3) is 4.79. The van der Waals surface area contributed by atoms with Gasteiger partial charge in [0.1, 0.15) is 11.5 Å². The molecule has 0 saturated carbocycles. The molecule has 36 heavy (non-hydrogen) atoms. The maximum atomic E-state index is 13.0. The molecule has 0 aromatic heterocycles. The first-order valence-corrected chi connectivity index (χ1v) is 12.3. The molecule has 2 saturated heterocycles. The van der Waals surface area contributed by atoms with Crippen LogP contribution in [0.2, 0.25) is 0 Å². The van der Waals surface area contributed by atoms with Gasteiger partial charge in [-0.3, -0.25) is 14.5 Å². The van der Waals surface area contributed by atoms with Gasteiger partial charge in [0.25, 0.3) is 11.8 Å². The van der Waals surface area contributed by atoms with Crippen molar-refractivity contribution in [1.29, 1.82) is 0 Å². The van der Waals surface area contributed by atoms with Crippen molar-refractivity contribution in [3.63, 3.8) is 0 Å². The van der Waals surface area contributed by atoms with Gasteiger partial charge < -0.3 is 19.3 Å². The summed E-state index contributed by atoms with van der Waals surface area (Å²) >= 11 is 0. The summed E-state index contributed by atoms with van der Waals surface area (Å²) in [7, 11) is 3.26. The van der Waals surface area contributed by atoms with Gasteiger partial charge >= 0.3 is 0 Å². The number of piperazine rings is 1. The number of likely N-dealkylation sites (tertiary alicyclic amines) is 1. The highest BCUT2D eigenvalue weighted by Gasteiger charge is 2.37. The van der Waals surface area contributed by atoms with Crippen LogP contribution in [0.5, 0.6) is 11.5 Å². The lowest BCUT2D eigenvalue weighted by Gasteiger charge is -2.48. The molecule has 0 radical (unpaired) electrons. The van der Waals surface area contributed by atoms with Gasteiger partial charge in [-0.25, -0.2) is 0 Å². The minimum absolute atomic E-state index is 0.0531. The normalized spacial score (nSPS) is 16.4. The first-order valence-electron chi connectivity index (χ1n) is 12.3. The Balaban J connectivity index is 1.14. The number of amides is 2. The predicted molar refractivity (Wildman–Crippen MR) is 139 cm³/mol. The Morgan fingerprint density at radius 2 is 1.36 bits per heavy atom. The van der Waals surface area contributed by atoms with Gasteiger partial charge in [0, 0.05) is 68.1 Å². The van der Waals surface area contributed by atoms with E-state index >= 15 is 0 Å². The summed E-state index contributed by atoms with van der Waals surface area (Å²) in [4.78, 5) is 31.9. The second-order valence-corrected chi connectivity index (χ2v) is 9.20. The molecule has 7 nitrogen and oxygen atoms in total. The van der Waals surface area contributed by atoms with E-state index in [4.69, 9.17) is 9.47 Å². The lowest BCUT2D eigenvalue weighted by molar-refractivity contribution is 0.00854. The smallest absolute Gasteiger partial charge is 0.253 e. The Labute approximate surface area is 211 Å². The first-order chi connectivity index (χ1) is 17.6. The highest BCUT2D eigenvalue weighted by molar-refractivity contribution is 5.95. The van der Waals surface area contributed by atoms with E-state index in [1.165, 1.54) is 0 Å². The second kappa shape index (κ2) is 10.4. The van der Waals surface area contributed by atoms with E-state index in [2.05, 4.69) is 4.90 Å². The standard InChI is InChI=1S/C29H31N3O4/c1-35-25-12-13-26(27(18-25)36-2)21-8-10-23(11-9-21)29(34)32-19-24(20-32)30-14-16-31(17-15-30)28(33)22-6-4-3-5-7-22/h3-13,18,24H,14-17,19-20H2,1-2H3. The fraction of sp³-hybridized carbons (Fsp3) is 0.310. The summed E-state index contributed by atoms with van der Waals surface area (Å²) in [5.41, 5.74) is 3.35. The maximum absolute atomic E-state index is 13.0. The summed E-state index contributed by atoms with van der Waals surface area (Å²) in [5, 5.41) is 0. The molecule has 2 amide bonds. The van der Waals surface area contributed by atoms with Gasteiger partial charge in [-0.2, -0.15) is 0 Å². The van der Waals surface area contributed by atoms with Crippen molar-refractivity contribution in [1.82, 2.24) is 14.7 Å². The number of carbonyl (C=O) groups is 2. The highest BCUT2D eigenvalue weighted by Crippen LogP contribution is 2.33. The Morgan fingerprint density at radius 1 is 0.722 bits per heavy atom. The number of hydrogen-bond donors (Lipinski definition) is 0. The first kappa shape index (κ1) is 23.9. The van der Waals surface area contributed by atoms with Crippen LogP contribution in [0.15, 0.2) is 72.8 Å². The van der Waals surface area contributed by atoms with E-state index in [-0.39, 0.29) is 11.8 Å². The molecular formula is C29H31N3O4. The Bertz CT molecular complexity index is 1220. The molecule has 2 heterocycles. The van der Waals surface area contributed by atoms with E-state index < -0.39 is 0 Å². The fourth-order valence-electron chi connectivity index (χ4n) is 4.92. The van der Waals surface area contributed by atoms with Crippen molar-refractivity contribution in [2.45, 2.75) is 6.04 Å². The van der Waals surface area contributed by atoms with Gasteiger partial charge in [-0.15, -0.1) is 0 Å². The zero-order chi connectivity index (χ0) is 25.1. The summed E-state index contributed by atoms with van der Waals surface area (Å²) < 4.78 is 10.8. The number of benzene rings is 3. The second-order valence-electron chi connectivity index (χ2n) is 9.20. The molecule has 2 aliphatic rings. The number of carbonyl (C=O) groups excluding carboxylic acids is 2. The van der Waals surface area contributed by atoms with Gasteiger partial charge in [-0.1, -0.05) is 30.3 Å². The van der Waals surface area contributed by atoms with E-state index in [9.17, 15) is 9.59 Å². The largest absolute Gasteiger partial charge is 0.497 e. The lowest BCUT2D eigenvalue weighted by Crippen LogP contribution is -2.64. The van der Waals surface area contributed by atoms with Crippen molar-refractivity contribution in [2.24, 2.45) is 0 Å². The van der Waals surface area contributed by atoms with Crippen molar-refractivity contribution in [3.05, 3.63) is 83.9 Å². The van der Waals surface area contributed by atoms with Crippen LogP contribution in [0, 0.1) is 0 Å². The average molecular weight is 486 g/mol. The molecule has 2 fully saturated rings. The summed E-state index contributed by atoms with van der Waals surface area (Å²) in [6.07, 6.45) is 0. The van der Waals surface area contributed by atoms with E-state index in [1.54, 1.807) is 14.2 Å². The van der Waals surface area contributed by atoms with Crippen LogP contribution in [0.25, 0.3) is 11.1 Å². The number of rotatable bonds is 6. The SMILES string of the molecule is COc1ccc(-c2ccc(C(=O)N3CC(N4CCN(C(=O)c5ccccc5)CC4)C3)cc2)c(OC)c1. The minimum Gasteiger partial charge on any atom is -0.497 e. The quantitative estimate of drug-likeness (QED) is 0.533. The van der Waals surface area contributed by atoms with E-state index in [1.807, 2.05) is 82.6 Å². The van der Waals surface area contributed by atoms with Crippen LogP contribution >= 0.6 is 0 Å². The molecular weight excluding hydrogens is 454 g/mol. The van der Waals surface area contributed by atoms with Crippen molar-refractivity contribution >= 4 is 11.8 Å². The van der Waals surface area contributed by atoms with Crippen LogP contribution in [-0.4, -0.2) is 86.0 Å². The number of nitrogens with zero attached hydrogens (tertiary/aromatic N) is 3. The zero-order valence-corrected chi connectivity index (χ0v) is 20.7. The van der Waals surface area contributed by atoms with Crippen molar-refractivity contribution in [2.75, 3.05) is 53.5 Å². The molecule has 7 heteroatoms. The molecule has 0 atom stereocenters. The number of hydrogen-bond acceptors (Lipinski definition) is 5. The summed E-state index contributed by atoms with van der Waals surface area (Å²) in [6, 6.07) is 23.2. The van der Waals surface area contributed by atoms with E-state index in [0.717, 1.165) is 54.4 Å². The summed E-state index contributed by atoms with van der Waals surface area (Å²) in [5.74, 6) is 1.61. The maximum Gasteiger partial charge on any atom is 0.253 e.